The molecule has 19 heavy (non-hydrogen) atoms. The second-order valence-electron chi connectivity index (χ2n) is 4.61. The lowest BCUT2D eigenvalue weighted by Crippen LogP contribution is -2.48. The molecule has 0 bridgehead atoms. The van der Waals surface area contributed by atoms with Gasteiger partial charge in [0, 0.05) is 18.4 Å². The molecule has 4 nitrogen and oxygen atoms in total. The molecule has 0 N–H and O–H groups in total. The van der Waals surface area contributed by atoms with Crippen molar-refractivity contribution in [3.05, 3.63) is 37.5 Å². The molecule has 2 atom stereocenters. The van der Waals surface area contributed by atoms with Crippen molar-refractivity contribution in [1.29, 1.82) is 0 Å². The number of rotatable bonds is 7. The van der Waals surface area contributed by atoms with Crippen LogP contribution in [0.15, 0.2) is 37.5 Å². The standard InChI is InChI=1S/C15H21NO3/c1-3-6-12-8-5-9-13(7-4-2)16(12)14(17)10-11-15(18)19/h3-5,8,12-13H,1-2,6-7,9-11H2,(H,18,19)/p-1/t12-,13-/m1/s1. The predicted octanol–water partition coefficient (Wildman–Crippen LogP) is 1.19. The highest BCUT2D eigenvalue weighted by molar-refractivity contribution is 5.81. The maximum atomic E-state index is 12.2. The number of carboxylic acid groups (broad SMARTS) is 1. The molecule has 0 aromatic rings. The molecule has 0 aromatic carbocycles. The van der Waals surface area contributed by atoms with E-state index >= 15 is 0 Å². The van der Waals surface area contributed by atoms with Gasteiger partial charge in [-0.1, -0.05) is 24.3 Å². The maximum absolute atomic E-state index is 12.2. The Balaban J connectivity index is 2.81. The molecule has 1 aliphatic heterocycles. The number of aliphatic carboxylic acids is 1. The number of carbonyl (C=O) groups excluding carboxylic acids is 2. The van der Waals surface area contributed by atoms with E-state index in [1.165, 1.54) is 0 Å². The van der Waals surface area contributed by atoms with Crippen LogP contribution in [0, 0.1) is 0 Å². The summed E-state index contributed by atoms with van der Waals surface area (Å²) in [6.07, 6.45) is 9.49. The van der Waals surface area contributed by atoms with Crippen molar-refractivity contribution in [2.24, 2.45) is 0 Å². The average molecular weight is 262 g/mol. The van der Waals surface area contributed by atoms with Gasteiger partial charge in [-0.25, -0.2) is 0 Å². The van der Waals surface area contributed by atoms with Gasteiger partial charge in [0.1, 0.15) is 0 Å². The molecule has 1 amide bonds. The van der Waals surface area contributed by atoms with E-state index in [1.807, 2.05) is 6.08 Å². The summed E-state index contributed by atoms with van der Waals surface area (Å²) in [5.74, 6) is -1.34. The molecule has 4 heteroatoms. The highest BCUT2D eigenvalue weighted by atomic mass is 16.4. The normalized spacial score (nSPS) is 22.0. The highest BCUT2D eigenvalue weighted by Gasteiger charge is 2.29. The summed E-state index contributed by atoms with van der Waals surface area (Å²) in [5, 5.41) is 10.5. The lowest BCUT2D eigenvalue weighted by atomic mass is 9.97. The zero-order chi connectivity index (χ0) is 14.3. The van der Waals surface area contributed by atoms with Gasteiger partial charge in [-0.2, -0.15) is 0 Å². The van der Waals surface area contributed by atoms with Crippen LogP contribution in [-0.2, 0) is 9.59 Å². The summed E-state index contributed by atoms with van der Waals surface area (Å²) >= 11 is 0. The van der Waals surface area contributed by atoms with Crippen LogP contribution in [0.3, 0.4) is 0 Å². The predicted molar refractivity (Wildman–Crippen MR) is 72.0 cm³/mol. The van der Waals surface area contributed by atoms with Crippen LogP contribution in [0.25, 0.3) is 0 Å². The van der Waals surface area contributed by atoms with Gasteiger partial charge in [-0.05, 0) is 25.7 Å². The molecular weight excluding hydrogens is 242 g/mol. The minimum atomic E-state index is -1.19. The summed E-state index contributed by atoms with van der Waals surface area (Å²) in [4.78, 5) is 24.4. The molecule has 0 saturated heterocycles. The van der Waals surface area contributed by atoms with Gasteiger partial charge in [0.15, 0.2) is 0 Å². The third kappa shape index (κ3) is 4.39. The Bertz CT molecular complexity index is 387. The van der Waals surface area contributed by atoms with Gasteiger partial charge in [0.25, 0.3) is 0 Å². The minimum Gasteiger partial charge on any atom is -0.550 e. The maximum Gasteiger partial charge on any atom is 0.223 e. The minimum absolute atomic E-state index is 0.0164. The van der Waals surface area contributed by atoms with Crippen LogP contribution >= 0.6 is 0 Å². The van der Waals surface area contributed by atoms with Crippen molar-refractivity contribution in [1.82, 2.24) is 4.90 Å². The first kappa shape index (κ1) is 15.2. The second kappa shape index (κ2) is 7.56. The van der Waals surface area contributed by atoms with E-state index in [4.69, 9.17) is 0 Å². The fraction of sp³-hybridized carbons (Fsp3) is 0.467. The molecule has 1 aliphatic rings. The van der Waals surface area contributed by atoms with Gasteiger partial charge >= 0.3 is 0 Å². The van der Waals surface area contributed by atoms with Crippen molar-refractivity contribution in [2.45, 2.75) is 44.2 Å². The molecule has 0 spiro atoms. The lowest BCUT2D eigenvalue weighted by Gasteiger charge is -2.39. The van der Waals surface area contributed by atoms with E-state index in [9.17, 15) is 14.7 Å². The molecule has 104 valence electrons. The Kier molecular flexibility index (Phi) is 6.06. The summed E-state index contributed by atoms with van der Waals surface area (Å²) in [7, 11) is 0. The highest BCUT2D eigenvalue weighted by Crippen LogP contribution is 2.23. The Hall–Kier alpha value is -1.84. The molecule has 1 heterocycles. The third-order valence-electron chi connectivity index (χ3n) is 3.19. The van der Waals surface area contributed by atoms with Crippen molar-refractivity contribution >= 4 is 11.9 Å². The molecule has 0 radical (unpaired) electrons. The summed E-state index contributed by atoms with van der Waals surface area (Å²) in [6, 6.07) is 0.0205. The first-order valence-corrected chi connectivity index (χ1v) is 6.49. The second-order valence-corrected chi connectivity index (χ2v) is 4.61. The van der Waals surface area contributed by atoms with Crippen LogP contribution in [0.2, 0.25) is 0 Å². The van der Waals surface area contributed by atoms with E-state index in [-0.39, 0.29) is 30.8 Å². The van der Waals surface area contributed by atoms with E-state index < -0.39 is 5.97 Å². The quantitative estimate of drug-likeness (QED) is 0.648. The van der Waals surface area contributed by atoms with Crippen molar-refractivity contribution in [3.8, 4) is 0 Å². The first-order chi connectivity index (χ1) is 9.10. The van der Waals surface area contributed by atoms with Crippen LogP contribution in [0.1, 0.15) is 32.1 Å². The molecule has 0 aliphatic carbocycles. The Morgan fingerprint density at radius 1 is 1.26 bits per heavy atom. The molecule has 0 fully saturated rings. The number of carbonyl (C=O) groups is 2. The Labute approximate surface area is 114 Å². The fourth-order valence-electron chi connectivity index (χ4n) is 2.36. The SMILES string of the molecule is C=CC[C@@H]1CC=C[C@@H](CC=C)N1C(=O)CCC(=O)[O-]. The number of hydrogen-bond donors (Lipinski definition) is 0. The van der Waals surface area contributed by atoms with E-state index in [0.717, 1.165) is 6.42 Å². The van der Waals surface area contributed by atoms with Crippen LogP contribution < -0.4 is 5.11 Å². The number of amides is 1. The Morgan fingerprint density at radius 2 is 1.95 bits per heavy atom. The van der Waals surface area contributed by atoms with Crippen LogP contribution in [0.4, 0.5) is 0 Å². The van der Waals surface area contributed by atoms with Gasteiger partial charge in [-0.3, -0.25) is 4.79 Å². The van der Waals surface area contributed by atoms with Crippen LogP contribution in [0.5, 0.6) is 0 Å². The van der Waals surface area contributed by atoms with E-state index in [1.54, 1.807) is 17.1 Å². The molecule has 0 aromatic heterocycles. The third-order valence-corrected chi connectivity index (χ3v) is 3.19. The van der Waals surface area contributed by atoms with Crippen molar-refractivity contribution < 1.29 is 14.7 Å². The zero-order valence-electron chi connectivity index (χ0n) is 11.1. The molecular formula is C15H20NO3-. The summed E-state index contributed by atoms with van der Waals surface area (Å²) < 4.78 is 0. The number of carboxylic acids is 1. The van der Waals surface area contributed by atoms with Gasteiger partial charge < -0.3 is 14.8 Å². The van der Waals surface area contributed by atoms with Gasteiger partial charge in [-0.15, -0.1) is 13.2 Å². The topological polar surface area (TPSA) is 60.4 Å². The first-order valence-electron chi connectivity index (χ1n) is 6.49. The Morgan fingerprint density at radius 3 is 2.53 bits per heavy atom. The van der Waals surface area contributed by atoms with Crippen molar-refractivity contribution in [2.75, 3.05) is 0 Å². The van der Waals surface area contributed by atoms with E-state index in [0.29, 0.717) is 12.8 Å². The average Bonchev–Trinajstić information content (AvgIpc) is 2.37. The number of hydrogen-bond acceptors (Lipinski definition) is 3. The van der Waals surface area contributed by atoms with Gasteiger partial charge in [0.05, 0.1) is 6.04 Å². The zero-order valence-corrected chi connectivity index (χ0v) is 11.1. The number of nitrogens with zero attached hydrogens (tertiary/aromatic N) is 1. The van der Waals surface area contributed by atoms with Crippen LogP contribution in [-0.4, -0.2) is 28.9 Å². The summed E-state index contributed by atoms with van der Waals surface area (Å²) in [6.45, 7) is 7.41. The van der Waals surface area contributed by atoms with Crippen molar-refractivity contribution in [3.63, 3.8) is 0 Å². The monoisotopic (exact) mass is 262 g/mol. The summed E-state index contributed by atoms with van der Waals surface area (Å²) in [5.41, 5.74) is 0. The smallest absolute Gasteiger partial charge is 0.223 e. The molecule has 0 saturated carbocycles. The molecule has 0 unspecified atom stereocenters. The largest absolute Gasteiger partial charge is 0.550 e. The lowest BCUT2D eigenvalue weighted by molar-refractivity contribution is -0.305. The van der Waals surface area contributed by atoms with Gasteiger partial charge in [0.2, 0.25) is 5.91 Å². The fourth-order valence-corrected chi connectivity index (χ4v) is 2.36. The van der Waals surface area contributed by atoms with E-state index in [2.05, 4.69) is 19.2 Å². The molecule has 1 rings (SSSR count).